The number of carbonyl (C=O) groups is 1. The van der Waals surface area contributed by atoms with Crippen LogP contribution in [0.25, 0.3) is 0 Å². The topological polar surface area (TPSA) is 48.7 Å². The van der Waals surface area contributed by atoms with Crippen molar-refractivity contribution < 1.29 is 18.7 Å². The van der Waals surface area contributed by atoms with Crippen molar-refractivity contribution in [3.8, 4) is 0 Å². The lowest BCUT2D eigenvalue weighted by atomic mass is 10.0. The second-order valence-corrected chi connectivity index (χ2v) is 3.62. The summed E-state index contributed by atoms with van der Waals surface area (Å²) < 4.78 is 15.5. The lowest BCUT2D eigenvalue weighted by Gasteiger charge is -2.02. The van der Waals surface area contributed by atoms with Gasteiger partial charge < -0.3 is 13.9 Å². The van der Waals surface area contributed by atoms with Gasteiger partial charge >= 0.3 is 0 Å². The quantitative estimate of drug-likeness (QED) is 0.709. The monoisotopic (exact) mass is 210 g/mol. The molecule has 0 N–H and O–H groups in total. The summed E-state index contributed by atoms with van der Waals surface area (Å²) in [4.78, 5) is 11.8. The van der Waals surface area contributed by atoms with Crippen molar-refractivity contribution in [2.75, 3.05) is 20.3 Å². The molecule has 1 aromatic heterocycles. The number of hydrogen-bond donors (Lipinski definition) is 0. The van der Waals surface area contributed by atoms with Crippen LogP contribution in [0.15, 0.2) is 16.5 Å². The summed E-state index contributed by atoms with van der Waals surface area (Å²) in [6, 6.07) is 3.47. The number of Topliss-reactive ketones (excluding diaryl/α,β-unsaturated/α-hetero) is 1. The van der Waals surface area contributed by atoms with Gasteiger partial charge in [-0.2, -0.15) is 0 Å². The lowest BCUT2D eigenvalue weighted by molar-refractivity contribution is 0.0864. The molecule has 1 aromatic rings. The highest BCUT2D eigenvalue weighted by Gasteiger charge is 2.26. The van der Waals surface area contributed by atoms with Crippen molar-refractivity contribution in [1.29, 1.82) is 0 Å². The van der Waals surface area contributed by atoms with Gasteiger partial charge in [0.15, 0.2) is 5.76 Å². The summed E-state index contributed by atoms with van der Waals surface area (Å²) in [5.74, 6) is 1.10. The van der Waals surface area contributed by atoms with Gasteiger partial charge in [-0.15, -0.1) is 0 Å². The van der Waals surface area contributed by atoms with E-state index in [4.69, 9.17) is 13.9 Å². The number of carbonyl (C=O) groups excluding carboxylic acids is 1. The van der Waals surface area contributed by atoms with E-state index in [0.29, 0.717) is 31.3 Å². The van der Waals surface area contributed by atoms with E-state index in [1.54, 1.807) is 19.2 Å². The molecule has 1 aliphatic rings. The molecule has 0 amide bonds. The van der Waals surface area contributed by atoms with E-state index in [0.717, 1.165) is 6.42 Å². The maximum atomic E-state index is 11.8. The molecule has 0 saturated carbocycles. The highest BCUT2D eigenvalue weighted by Crippen LogP contribution is 2.20. The fraction of sp³-hybridized carbons (Fsp3) is 0.545. The molecule has 1 unspecified atom stereocenters. The molecule has 1 aliphatic heterocycles. The predicted octanol–water partition coefficient (Wildman–Crippen LogP) is 1.65. The standard InChI is InChI=1S/C11H14O4/c1-13-7-9-2-3-10(15-9)11(12)8-4-5-14-6-8/h2-3,8H,4-7H2,1H3. The van der Waals surface area contributed by atoms with Gasteiger partial charge in [0.25, 0.3) is 0 Å². The third kappa shape index (κ3) is 2.27. The number of ether oxygens (including phenoxy) is 2. The van der Waals surface area contributed by atoms with Gasteiger partial charge in [0.2, 0.25) is 5.78 Å². The Hall–Kier alpha value is -1.13. The minimum Gasteiger partial charge on any atom is -0.456 e. The van der Waals surface area contributed by atoms with Crippen molar-refractivity contribution in [3.63, 3.8) is 0 Å². The number of hydrogen-bond acceptors (Lipinski definition) is 4. The molecular formula is C11H14O4. The van der Waals surface area contributed by atoms with E-state index in [1.165, 1.54) is 0 Å². The van der Waals surface area contributed by atoms with E-state index in [-0.39, 0.29) is 11.7 Å². The van der Waals surface area contributed by atoms with Crippen LogP contribution in [0.3, 0.4) is 0 Å². The van der Waals surface area contributed by atoms with Crippen molar-refractivity contribution in [2.45, 2.75) is 13.0 Å². The number of rotatable bonds is 4. The molecule has 0 bridgehead atoms. The fourth-order valence-corrected chi connectivity index (χ4v) is 1.67. The SMILES string of the molecule is COCc1ccc(C(=O)C2CCOC2)o1. The first-order valence-electron chi connectivity index (χ1n) is 5.01. The zero-order valence-electron chi connectivity index (χ0n) is 8.69. The summed E-state index contributed by atoms with van der Waals surface area (Å²) in [5.41, 5.74) is 0. The zero-order valence-corrected chi connectivity index (χ0v) is 8.69. The van der Waals surface area contributed by atoms with Gasteiger partial charge in [0.1, 0.15) is 12.4 Å². The number of methoxy groups -OCH3 is 1. The van der Waals surface area contributed by atoms with E-state index < -0.39 is 0 Å². The summed E-state index contributed by atoms with van der Waals surface area (Å²) in [7, 11) is 1.59. The van der Waals surface area contributed by atoms with Crippen molar-refractivity contribution in [1.82, 2.24) is 0 Å². The van der Waals surface area contributed by atoms with Crippen molar-refractivity contribution in [3.05, 3.63) is 23.7 Å². The van der Waals surface area contributed by atoms with Gasteiger partial charge in [-0.25, -0.2) is 0 Å². The molecule has 82 valence electrons. The van der Waals surface area contributed by atoms with Gasteiger partial charge in [0.05, 0.1) is 12.5 Å². The molecule has 2 rings (SSSR count). The smallest absolute Gasteiger partial charge is 0.203 e. The van der Waals surface area contributed by atoms with Crippen LogP contribution in [0.5, 0.6) is 0 Å². The van der Waals surface area contributed by atoms with Crippen LogP contribution in [-0.2, 0) is 16.1 Å². The summed E-state index contributed by atoms with van der Waals surface area (Å²) in [5, 5.41) is 0. The molecule has 4 nitrogen and oxygen atoms in total. The third-order valence-corrected chi connectivity index (χ3v) is 2.49. The highest BCUT2D eigenvalue weighted by atomic mass is 16.5. The Kier molecular flexibility index (Phi) is 3.18. The highest BCUT2D eigenvalue weighted by molar-refractivity contribution is 5.95. The molecular weight excluding hydrogens is 196 g/mol. The molecule has 1 atom stereocenters. The molecule has 15 heavy (non-hydrogen) atoms. The average molecular weight is 210 g/mol. The van der Waals surface area contributed by atoms with Crippen LogP contribution in [-0.4, -0.2) is 26.1 Å². The minimum absolute atomic E-state index is 0.0356. The van der Waals surface area contributed by atoms with E-state index >= 15 is 0 Å². The fourth-order valence-electron chi connectivity index (χ4n) is 1.67. The molecule has 4 heteroatoms. The second kappa shape index (κ2) is 4.59. The molecule has 0 radical (unpaired) electrons. The van der Waals surface area contributed by atoms with Crippen LogP contribution in [0.2, 0.25) is 0 Å². The Bertz CT molecular complexity index is 336. The molecule has 0 aromatic carbocycles. The van der Waals surface area contributed by atoms with Crippen LogP contribution in [0.1, 0.15) is 22.7 Å². The lowest BCUT2D eigenvalue weighted by Crippen LogP contribution is -2.13. The number of ketones is 1. The van der Waals surface area contributed by atoms with Gasteiger partial charge in [-0.3, -0.25) is 4.79 Å². The second-order valence-electron chi connectivity index (χ2n) is 3.62. The molecule has 0 spiro atoms. The van der Waals surface area contributed by atoms with Crippen molar-refractivity contribution in [2.24, 2.45) is 5.92 Å². The van der Waals surface area contributed by atoms with Crippen LogP contribution in [0.4, 0.5) is 0 Å². The van der Waals surface area contributed by atoms with Gasteiger partial charge in [-0.05, 0) is 18.6 Å². The predicted molar refractivity (Wildman–Crippen MR) is 52.7 cm³/mol. The van der Waals surface area contributed by atoms with Crippen molar-refractivity contribution >= 4 is 5.78 Å². The van der Waals surface area contributed by atoms with Gasteiger partial charge in [0, 0.05) is 13.7 Å². The maximum Gasteiger partial charge on any atom is 0.203 e. The number of furan rings is 1. The molecule has 1 fully saturated rings. The van der Waals surface area contributed by atoms with Crippen LogP contribution < -0.4 is 0 Å². The summed E-state index contributed by atoms with van der Waals surface area (Å²) in [6.07, 6.45) is 0.791. The van der Waals surface area contributed by atoms with Crippen LogP contribution in [0, 0.1) is 5.92 Å². The Morgan fingerprint density at radius 1 is 1.60 bits per heavy atom. The van der Waals surface area contributed by atoms with E-state index in [2.05, 4.69) is 0 Å². The maximum absolute atomic E-state index is 11.8. The Balaban J connectivity index is 2.04. The molecule has 0 aliphatic carbocycles. The Morgan fingerprint density at radius 3 is 3.13 bits per heavy atom. The normalized spacial score (nSPS) is 20.7. The minimum atomic E-state index is -0.0356. The molecule has 1 saturated heterocycles. The summed E-state index contributed by atoms with van der Waals surface area (Å²) >= 11 is 0. The first kappa shape index (κ1) is 10.4. The molecule has 2 heterocycles. The van der Waals surface area contributed by atoms with E-state index in [9.17, 15) is 4.79 Å². The largest absolute Gasteiger partial charge is 0.456 e. The first-order valence-corrected chi connectivity index (χ1v) is 5.01. The first-order chi connectivity index (χ1) is 7.31. The average Bonchev–Trinajstić information content (AvgIpc) is 2.87. The van der Waals surface area contributed by atoms with Crippen LogP contribution >= 0.6 is 0 Å². The summed E-state index contributed by atoms with van der Waals surface area (Å²) in [6.45, 7) is 1.58. The Labute approximate surface area is 88.2 Å². The Morgan fingerprint density at radius 2 is 2.47 bits per heavy atom. The van der Waals surface area contributed by atoms with E-state index in [1.807, 2.05) is 0 Å². The zero-order chi connectivity index (χ0) is 10.7. The van der Waals surface area contributed by atoms with Gasteiger partial charge in [-0.1, -0.05) is 0 Å². The third-order valence-electron chi connectivity index (χ3n) is 2.49.